The second-order valence-corrected chi connectivity index (χ2v) is 9.75. The van der Waals surface area contributed by atoms with E-state index in [4.69, 9.17) is 4.74 Å². The molecule has 1 aromatic rings. The van der Waals surface area contributed by atoms with Gasteiger partial charge < -0.3 is 19.6 Å². The number of hydrogen-bond acceptors (Lipinski definition) is 6. The summed E-state index contributed by atoms with van der Waals surface area (Å²) in [7, 11) is -3.97. The maximum absolute atomic E-state index is 13.3. The van der Waals surface area contributed by atoms with Crippen molar-refractivity contribution in [3.8, 4) is 0 Å². The molecule has 2 N–H and O–H groups in total. The molecule has 0 radical (unpaired) electrons. The number of amides is 2. The molecule has 0 aromatic heterocycles. The van der Waals surface area contributed by atoms with Crippen molar-refractivity contribution in [1.29, 1.82) is 0 Å². The zero-order valence-electron chi connectivity index (χ0n) is 17.8. The van der Waals surface area contributed by atoms with Crippen LogP contribution in [0.1, 0.15) is 31.2 Å². The lowest BCUT2D eigenvalue weighted by atomic mass is 10.0. The smallest absolute Gasteiger partial charge is 0.326 e. The Balaban J connectivity index is 1.80. The summed E-state index contributed by atoms with van der Waals surface area (Å²) in [6, 6.07) is 6.08. The van der Waals surface area contributed by atoms with Crippen molar-refractivity contribution in [3.05, 3.63) is 35.9 Å². The molecular formula is C21H29N3O7S. The fourth-order valence-corrected chi connectivity index (χ4v) is 5.33. The molecule has 2 fully saturated rings. The second kappa shape index (κ2) is 10.9. The first-order chi connectivity index (χ1) is 15.3. The van der Waals surface area contributed by atoms with Crippen molar-refractivity contribution in [1.82, 2.24) is 14.5 Å². The van der Waals surface area contributed by atoms with Crippen LogP contribution in [0.5, 0.6) is 0 Å². The van der Waals surface area contributed by atoms with Crippen LogP contribution < -0.4 is 4.72 Å². The number of carboxylic acid groups (broad SMARTS) is 1. The number of rotatable bonds is 8. The minimum absolute atomic E-state index is 0.207. The Morgan fingerprint density at radius 3 is 2.44 bits per heavy atom. The van der Waals surface area contributed by atoms with E-state index in [0.29, 0.717) is 51.1 Å². The fraction of sp³-hybridized carbons (Fsp3) is 0.571. The number of nitrogens with one attached hydrogen (secondary N) is 1. The van der Waals surface area contributed by atoms with Crippen LogP contribution in [0.15, 0.2) is 30.3 Å². The van der Waals surface area contributed by atoms with Gasteiger partial charge in [-0.3, -0.25) is 9.59 Å². The molecule has 0 spiro atoms. The summed E-state index contributed by atoms with van der Waals surface area (Å²) in [4.78, 5) is 40.5. The number of benzene rings is 1. The second-order valence-electron chi connectivity index (χ2n) is 7.99. The molecule has 0 bridgehead atoms. The Morgan fingerprint density at radius 2 is 1.78 bits per heavy atom. The van der Waals surface area contributed by atoms with Crippen molar-refractivity contribution in [3.63, 3.8) is 0 Å². The van der Waals surface area contributed by atoms with E-state index in [2.05, 4.69) is 4.72 Å². The molecule has 10 nitrogen and oxygen atoms in total. The summed E-state index contributed by atoms with van der Waals surface area (Å²) in [6.07, 6.45) is 1.20. The Morgan fingerprint density at radius 1 is 1.09 bits per heavy atom. The Kier molecular flexibility index (Phi) is 8.21. The highest BCUT2D eigenvalue weighted by atomic mass is 32.2. The molecule has 2 aliphatic rings. The fourth-order valence-electron chi connectivity index (χ4n) is 4.00. The topological polar surface area (TPSA) is 133 Å². The third-order valence-electron chi connectivity index (χ3n) is 5.63. The van der Waals surface area contributed by atoms with Crippen molar-refractivity contribution >= 4 is 27.8 Å². The maximum Gasteiger partial charge on any atom is 0.326 e. The number of ether oxygens (including phenoxy) is 1. The summed E-state index contributed by atoms with van der Waals surface area (Å²) in [5.41, 5.74) is 0.534. The van der Waals surface area contributed by atoms with E-state index in [9.17, 15) is 27.9 Å². The van der Waals surface area contributed by atoms with E-state index in [0.717, 1.165) is 0 Å². The third-order valence-corrected chi connectivity index (χ3v) is 6.99. The van der Waals surface area contributed by atoms with Crippen LogP contribution in [-0.2, 0) is 34.9 Å². The lowest BCUT2D eigenvalue weighted by Gasteiger charge is -2.36. The summed E-state index contributed by atoms with van der Waals surface area (Å²) in [6.45, 7) is 1.67. The largest absolute Gasteiger partial charge is 0.480 e. The number of piperidine rings is 1. The van der Waals surface area contributed by atoms with E-state index in [1.165, 1.54) is 9.80 Å². The van der Waals surface area contributed by atoms with Crippen LogP contribution in [-0.4, -0.2) is 86.0 Å². The molecule has 2 aliphatic heterocycles. The highest BCUT2D eigenvalue weighted by Gasteiger charge is 2.38. The van der Waals surface area contributed by atoms with Crippen molar-refractivity contribution < 1.29 is 32.6 Å². The van der Waals surface area contributed by atoms with Crippen LogP contribution in [0.25, 0.3) is 0 Å². The van der Waals surface area contributed by atoms with Crippen LogP contribution >= 0.6 is 0 Å². The molecule has 0 saturated carbocycles. The predicted molar refractivity (Wildman–Crippen MR) is 115 cm³/mol. The average Bonchev–Trinajstić information content (AvgIpc) is 2.78. The predicted octanol–water partition coefficient (Wildman–Crippen LogP) is 0.189. The lowest BCUT2D eigenvalue weighted by Crippen LogP contribution is -2.57. The van der Waals surface area contributed by atoms with Crippen LogP contribution in [0.4, 0.5) is 0 Å². The molecule has 2 atom stereocenters. The summed E-state index contributed by atoms with van der Waals surface area (Å²) >= 11 is 0. The number of aliphatic carboxylic acids is 1. The number of nitrogens with zero attached hydrogens (tertiary/aromatic N) is 2. The highest BCUT2D eigenvalue weighted by molar-refractivity contribution is 7.88. The van der Waals surface area contributed by atoms with Gasteiger partial charge in [-0.1, -0.05) is 30.3 Å². The Bertz CT molecular complexity index is 917. The molecule has 0 aliphatic carbocycles. The van der Waals surface area contributed by atoms with Gasteiger partial charge in [0.15, 0.2) is 0 Å². The van der Waals surface area contributed by atoms with Crippen molar-refractivity contribution in [2.45, 2.75) is 43.5 Å². The quantitative estimate of drug-likeness (QED) is 0.557. The van der Waals surface area contributed by atoms with Gasteiger partial charge in [-0.15, -0.1) is 0 Å². The Labute approximate surface area is 187 Å². The highest BCUT2D eigenvalue weighted by Crippen LogP contribution is 2.20. The number of sulfonamides is 1. The SMILES string of the molecule is O=C(O)[C@@H]1CCCCN1C(=O)[C@@H](CC(=O)N1CCOCC1)NS(=O)(=O)Cc1ccccc1. The number of hydrogen-bond donors (Lipinski definition) is 2. The molecule has 2 amide bonds. The molecule has 11 heteroatoms. The molecule has 0 unspecified atom stereocenters. The molecule has 2 saturated heterocycles. The van der Waals surface area contributed by atoms with Crippen molar-refractivity contribution in [2.75, 3.05) is 32.8 Å². The van der Waals surface area contributed by atoms with Gasteiger partial charge in [0.2, 0.25) is 21.8 Å². The van der Waals surface area contributed by atoms with E-state index >= 15 is 0 Å². The molecule has 32 heavy (non-hydrogen) atoms. The summed E-state index contributed by atoms with van der Waals surface area (Å²) in [5.74, 6) is -2.55. The molecular weight excluding hydrogens is 438 g/mol. The zero-order chi connectivity index (χ0) is 23.1. The normalized spacial score (nSPS) is 20.6. The third kappa shape index (κ3) is 6.50. The van der Waals surface area contributed by atoms with Gasteiger partial charge >= 0.3 is 5.97 Å². The van der Waals surface area contributed by atoms with Gasteiger partial charge in [0, 0.05) is 19.6 Å². The number of morpholine rings is 1. The Hall–Kier alpha value is -2.50. The van der Waals surface area contributed by atoms with E-state index in [1.54, 1.807) is 30.3 Å². The zero-order valence-corrected chi connectivity index (χ0v) is 18.6. The molecule has 176 valence electrons. The van der Waals surface area contributed by atoms with Gasteiger partial charge in [-0.2, -0.15) is 0 Å². The standard InChI is InChI=1S/C21H29N3O7S/c25-19(23-10-12-31-13-11-23)14-17(20(26)24-9-5-4-8-18(24)21(27)28)22-32(29,30)15-16-6-2-1-3-7-16/h1-3,6-7,17-18,22H,4-5,8-15H2,(H,27,28)/t17-,18+/m1/s1. The van der Waals surface area contributed by atoms with Crippen LogP contribution in [0.3, 0.4) is 0 Å². The van der Waals surface area contributed by atoms with E-state index < -0.39 is 34.0 Å². The van der Waals surface area contributed by atoms with Gasteiger partial charge in [0.05, 0.1) is 25.4 Å². The monoisotopic (exact) mass is 467 g/mol. The number of carboxylic acids is 1. The number of carbonyl (C=O) groups is 3. The van der Waals surface area contributed by atoms with E-state index in [1.807, 2.05) is 0 Å². The van der Waals surface area contributed by atoms with Gasteiger partial charge in [0.25, 0.3) is 0 Å². The summed E-state index contributed by atoms with van der Waals surface area (Å²) in [5, 5.41) is 9.53. The average molecular weight is 468 g/mol. The molecule has 2 heterocycles. The lowest BCUT2D eigenvalue weighted by molar-refractivity contribution is -0.153. The number of carbonyl (C=O) groups excluding carboxylic acids is 2. The van der Waals surface area contributed by atoms with Crippen molar-refractivity contribution in [2.24, 2.45) is 0 Å². The molecule has 3 rings (SSSR count). The van der Waals surface area contributed by atoms with Crippen LogP contribution in [0, 0.1) is 0 Å². The first kappa shape index (κ1) is 24.1. The first-order valence-corrected chi connectivity index (χ1v) is 12.3. The minimum atomic E-state index is -3.97. The number of likely N-dealkylation sites (tertiary alicyclic amines) is 1. The maximum atomic E-state index is 13.3. The summed E-state index contributed by atoms with van der Waals surface area (Å²) < 4.78 is 33.3. The van der Waals surface area contributed by atoms with E-state index in [-0.39, 0.29) is 24.6 Å². The van der Waals surface area contributed by atoms with Gasteiger partial charge in [0.1, 0.15) is 12.1 Å². The van der Waals surface area contributed by atoms with Crippen LogP contribution in [0.2, 0.25) is 0 Å². The van der Waals surface area contributed by atoms with Gasteiger partial charge in [-0.05, 0) is 24.8 Å². The molecule has 1 aromatic carbocycles. The van der Waals surface area contributed by atoms with Gasteiger partial charge in [-0.25, -0.2) is 17.9 Å². The first-order valence-electron chi connectivity index (χ1n) is 10.7. The minimum Gasteiger partial charge on any atom is -0.480 e.